The molecule has 0 unspecified atom stereocenters. The minimum Gasteiger partial charge on any atom is -0.497 e. The van der Waals surface area contributed by atoms with Crippen molar-refractivity contribution in [1.29, 1.82) is 0 Å². The Morgan fingerprint density at radius 3 is 2.19 bits per heavy atom. The van der Waals surface area contributed by atoms with Gasteiger partial charge in [0.1, 0.15) is 17.5 Å². The lowest BCUT2D eigenvalue weighted by Crippen LogP contribution is -2.48. The normalized spacial score (nSPS) is 15.5. The van der Waals surface area contributed by atoms with Gasteiger partial charge in [0.25, 0.3) is 11.8 Å². The van der Waals surface area contributed by atoms with Crippen LogP contribution in [-0.2, 0) is 14.3 Å². The number of amides is 3. The van der Waals surface area contributed by atoms with Crippen LogP contribution in [-0.4, -0.2) is 50.6 Å². The molecule has 1 saturated heterocycles. The zero-order chi connectivity index (χ0) is 23.3. The predicted octanol–water partition coefficient (Wildman–Crippen LogP) is 1.45. The van der Waals surface area contributed by atoms with Gasteiger partial charge in [0.05, 0.1) is 38.5 Å². The number of nitrogens with one attached hydrogen (secondary N) is 2. The van der Waals surface area contributed by atoms with E-state index < -0.39 is 29.7 Å². The van der Waals surface area contributed by atoms with E-state index >= 15 is 0 Å². The smallest absolute Gasteiger partial charge is 0.338 e. The molecule has 0 spiro atoms. The summed E-state index contributed by atoms with van der Waals surface area (Å²) >= 11 is 0. The summed E-state index contributed by atoms with van der Waals surface area (Å²) in [6.45, 7) is 1.94. The van der Waals surface area contributed by atoms with Crippen LogP contribution in [0.5, 0.6) is 11.5 Å². The summed E-state index contributed by atoms with van der Waals surface area (Å²) in [5, 5.41) is 0. The van der Waals surface area contributed by atoms with Gasteiger partial charge < -0.3 is 14.2 Å². The van der Waals surface area contributed by atoms with E-state index in [1.165, 1.54) is 50.6 Å². The molecule has 3 rings (SSSR count). The van der Waals surface area contributed by atoms with Crippen LogP contribution in [0.15, 0.2) is 42.5 Å². The molecule has 32 heavy (non-hydrogen) atoms. The predicted molar refractivity (Wildman–Crippen MR) is 113 cm³/mol. The van der Waals surface area contributed by atoms with Crippen LogP contribution >= 0.6 is 0 Å². The highest BCUT2D eigenvalue weighted by atomic mass is 16.5. The molecule has 168 valence electrons. The number of carbonyl (C=O) groups excluding carboxylic acids is 4. The molecule has 1 atom stereocenters. The number of nitrogens with zero attached hydrogens (tertiary/aromatic N) is 1. The third-order valence-electron chi connectivity index (χ3n) is 4.76. The highest BCUT2D eigenvalue weighted by Gasteiger charge is 2.39. The van der Waals surface area contributed by atoms with E-state index in [1.54, 1.807) is 13.0 Å². The molecule has 1 fully saturated rings. The Balaban J connectivity index is 1.66. The van der Waals surface area contributed by atoms with Crippen LogP contribution in [0.1, 0.15) is 34.1 Å². The fourth-order valence-corrected chi connectivity index (χ4v) is 3.14. The Morgan fingerprint density at radius 1 is 1.00 bits per heavy atom. The fourth-order valence-electron chi connectivity index (χ4n) is 3.14. The lowest BCUT2D eigenvalue weighted by molar-refractivity contribution is -0.121. The quantitative estimate of drug-likeness (QED) is 0.358. The number of esters is 1. The van der Waals surface area contributed by atoms with Crippen molar-refractivity contribution in [3.63, 3.8) is 0 Å². The number of hydrazine groups is 1. The number of rotatable bonds is 8. The molecule has 10 nitrogen and oxygen atoms in total. The number of anilines is 1. The minimum atomic E-state index is -0.941. The maximum atomic E-state index is 12.7. The molecular weight excluding hydrogens is 418 g/mol. The molecular formula is C22H23N3O7. The van der Waals surface area contributed by atoms with E-state index in [-0.39, 0.29) is 18.6 Å². The molecule has 0 bridgehead atoms. The van der Waals surface area contributed by atoms with Gasteiger partial charge in [0.2, 0.25) is 5.91 Å². The van der Waals surface area contributed by atoms with Crippen LogP contribution < -0.4 is 25.2 Å². The molecule has 10 heteroatoms. The number of benzene rings is 2. The lowest BCUT2D eigenvalue weighted by Gasteiger charge is -2.16. The van der Waals surface area contributed by atoms with Crippen molar-refractivity contribution in [3.8, 4) is 11.5 Å². The standard InChI is InChI=1S/C22H23N3O7/c1-4-32-22(29)13-5-7-15(8-6-13)25-19(26)12-18(21(25)28)23-24-20(27)14-9-16(30-2)11-17(10-14)31-3/h5-11,18,23H,4,12H2,1-3H3,(H,24,27)/t18-/m0/s1. The molecule has 1 aliphatic heterocycles. The third-order valence-corrected chi connectivity index (χ3v) is 4.76. The number of hydrogen-bond donors (Lipinski definition) is 2. The van der Waals surface area contributed by atoms with Gasteiger partial charge in [-0.05, 0) is 43.3 Å². The van der Waals surface area contributed by atoms with E-state index in [2.05, 4.69) is 10.9 Å². The van der Waals surface area contributed by atoms with Gasteiger partial charge in [-0.25, -0.2) is 15.1 Å². The second kappa shape index (κ2) is 9.92. The van der Waals surface area contributed by atoms with E-state index in [9.17, 15) is 19.2 Å². The van der Waals surface area contributed by atoms with Crippen molar-refractivity contribution in [1.82, 2.24) is 10.9 Å². The molecule has 1 aliphatic rings. The summed E-state index contributed by atoms with van der Waals surface area (Å²) in [6, 6.07) is 9.64. The Morgan fingerprint density at radius 2 is 1.62 bits per heavy atom. The highest BCUT2D eigenvalue weighted by molar-refractivity contribution is 6.22. The van der Waals surface area contributed by atoms with Crippen LogP contribution in [0.3, 0.4) is 0 Å². The summed E-state index contributed by atoms with van der Waals surface area (Å²) in [4.78, 5) is 50.4. The maximum Gasteiger partial charge on any atom is 0.338 e. The van der Waals surface area contributed by atoms with Crippen molar-refractivity contribution in [2.24, 2.45) is 0 Å². The average molecular weight is 441 g/mol. The van der Waals surface area contributed by atoms with Gasteiger partial charge in [-0.3, -0.25) is 19.8 Å². The molecule has 0 radical (unpaired) electrons. The first kappa shape index (κ1) is 22.8. The first-order valence-electron chi connectivity index (χ1n) is 9.80. The molecule has 0 saturated carbocycles. The van der Waals surface area contributed by atoms with Crippen molar-refractivity contribution < 1.29 is 33.4 Å². The van der Waals surface area contributed by atoms with E-state index in [1.807, 2.05) is 0 Å². The average Bonchev–Trinajstić information content (AvgIpc) is 3.10. The van der Waals surface area contributed by atoms with Crippen molar-refractivity contribution >= 4 is 29.4 Å². The van der Waals surface area contributed by atoms with Gasteiger partial charge >= 0.3 is 5.97 Å². The molecule has 3 amide bonds. The summed E-state index contributed by atoms with van der Waals surface area (Å²) < 4.78 is 15.2. The second-order valence-corrected chi connectivity index (χ2v) is 6.79. The lowest BCUT2D eigenvalue weighted by atomic mass is 10.2. The molecule has 2 N–H and O–H groups in total. The Kier molecular flexibility index (Phi) is 7.06. The summed E-state index contributed by atoms with van der Waals surface area (Å²) in [5.41, 5.74) is 5.94. The third kappa shape index (κ3) is 4.86. The first-order chi connectivity index (χ1) is 15.4. The Hall–Kier alpha value is -3.92. The first-order valence-corrected chi connectivity index (χ1v) is 9.80. The van der Waals surface area contributed by atoms with E-state index in [0.29, 0.717) is 22.7 Å². The monoisotopic (exact) mass is 441 g/mol. The van der Waals surface area contributed by atoms with E-state index in [4.69, 9.17) is 14.2 Å². The van der Waals surface area contributed by atoms with Crippen LogP contribution in [0.25, 0.3) is 0 Å². The number of carbonyl (C=O) groups is 4. The molecule has 2 aromatic rings. The number of hydrogen-bond acceptors (Lipinski definition) is 8. The zero-order valence-corrected chi connectivity index (χ0v) is 17.8. The maximum absolute atomic E-state index is 12.7. The number of imide groups is 1. The summed E-state index contributed by atoms with van der Waals surface area (Å²) in [5.74, 6) is -1.12. The number of ether oxygens (including phenoxy) is 3. The molecule has 0 aliphatic carbocycles. The zero-order valence-electron chi connectivity index (χ0n) is 17.8. The highest BCUT2D eigenvalue weighted by Crippen LogP contribution is 2.24. The Labute approximate surface area is 184 Å². The second-order valence-electron chi connectivity index (χ2n) is 6.79. The van der Waals surface area contributed by atoms with Crippen molar-refractivity contribution in [2.45, 2.75) is 19.4 Å². The molecule has 1 heterocycles. The number of methoxy groups -OCH3 is 2. The van der Waals surface area contributed by atoms with Gasteiger partial charge in [-0.2, -0.15) is 0 Å². The molecule has 0 aromatic heterocycles. The van der Waals surface area contributed by atoms with Crippen LogP contribution in [0.4, 0.5) is 5.69 Å². The van der Waals surface area contributed by atoms with Gasteiger partial charge in [-0.1, -0.05) is 0 Å². The Bertz CT molecular complexity index is 1010. The molecule has 2 aromatic carbocycles. The SMILES string of the molecule is CCOC(=O)c1ccc(N2C(=O)C[C@H](NNC(=O)c3cc(OC)cc(OC)c3)C2=O)cc1. The fraction of sp³-hybridized carbons (Fsp3) is 0.273. The summed E-state index contributed by atoms with van der Waals surface area (Å²) in [7, 11) is 2.93. The van der Waals surface area contributed by atoms with Crippen LogP contribution in [0, 0.1) is 0 Å². The summed E-state index contributed by atoms with van der Waals surface area (Å²) in [6.07, 6.45) is -0.139. The van der Waals surface area contributed by atoms with Crippen LogP contribution in [0.2, 0.25) is 0 Å². The van der Waals surface area contributed by atoms with Gasteiger partial charge in [0, 0.05) is 11.6 Å². The van der Waals surface area contributed by atoms with Gasteiger partial charge in [0.15, 0.2) is 0 Å². The minimum absolute atomic E-state index is 0.139. The van der Waals surface area contributed by atoms with Gasteiger partial charge in [-0.15, -0.1) is 0 Å². The largest absolute Gasteiger partial charge is 0.497 e. The van der Waals surface area contributed by atoms with Crippen molar-refractivity contribution in [2.75, 3.05) is 25.7 Å². The topological polar surface area (TPSA) is 123 Å². The van der Waals surface area contributed by atoms with E-state index in [0.717, 1.165) is 4.90 Å². The van der Waals surface area contributed by atoms with Crippen molar-refractivity contribution in [3.05, 3.63) is 53.6 Å².